The highest BCUT2D eigenvalue weighted by Crippen LogP contribution is 2.15. The number of hydrogen-bond donors (Lipinski definition) is 1. The normalized spacial score (nSPS) is 15.4. The Morgan fingerprint density at radius 3 is 2.71 bits per heavy atom. The molecule has 0 amide bonds. The van der Waals surface area contributed by atoms with Gasteiger partial charge in [0.05, 0.1) is 11.4 Å². The van der Waals surface area contributed by atoms with E-state index in [1.165, 1.54) is 16.8 Å². The van der Waals surface area contributed by atoms with E-state index in [2.05, 4.69) is 47.8 Å². The second-order valence-electron chi connectivity index (χ2n) is 4.63. The van der Waals surface area contributed by atoms with E-state index in [9.17, 15) is 0 Å². The molecule has 3 heteroatoms. The van der Waals surface area contributed by atoms with Crippen molar-refractivity contribution >= 4 is 0 Å². The predicted octanol–water partition coefficient (Wildman–Crippen LogP) is 1.87. The highest BCUT2D eigenvalue weighted by Gasteiger charge is 2.12. The summed E-state index contributed by atoms with van der Waals surface area (Å²) in [6.45, 7) is 4.21. The average Bonchev–Trinajstić information content (AvgIpc) is 2.62. The van der Waals surface area contributed by atoms with E-state index in [4.69, 9.17) is 0 Å². The van der Waals surface area contributed by atoms with Crippen LogP contribution in [0.3, 0.4) is 0 Å². The molecule has 1 aliphatic heterocycles. The molecule has 0 aliphatic carbocycles. The van der Waals surface area contributed by atoms with E-state index in [-0.39, 0.29) is 0 Å². The maximum atomic E-state index is 4.69. The molecule has 2 aromatic rings. The summed E-state index contributed by atoms with van der Waals surface area (Å²) in [5.74, 6) is 0. The number of aryl methyl sites for hydroxylation is 1. The standard InChI is InChI=1S/C14H17N3/c1-11-2-4-13(5-3-11)17-10-12-6-8-15-9-7-14(12)16-17/h2-5,10,15H,6-9H2,1H3. The van der Waals surface area contributed by atoms with Crippen LogP contribution in [0.15, 0.2) is 30.5 Å². The summed E-state index contributed by atoms with van der Waals surface area (Å²) in [5.41, 5.74) is 5.06. The lowest BCUT2D eigenvalue weighted by atomic mass is 10.2. The molecule has 3 nitrogen and oxygen atoms in total. The molecule has 17 heavy (non-hydrogen) atoms. The van der Waals surface area contributed by atoms with Crippen molar-refractivity contribution in [2.45, 2.75) is 19.8 Å². The van der Waals surface area contributed by atoms with Gasteiger partial charge in [-0.3, -0.25) is 0 Å². The van der Waals surface area contributed by atoms with Gasteiger partial charge in [0.25, 0.3) is 0 Å². The highest BCUT2D eigenvalue weighted by molar-refractivity contribution is 5.35. The maximum absolute atomic E-state index is 4.69. The van der Waals surface area contributed by atoms with Crippen molar-refractivity contribution in [1.29, 1.82) is 0 Å². The van der Waals surface area contributed by atoms with Crippen LogP contribution >= 0.6 is 0 Å². The molecule has 0 saturated heterocycles. The average molecular weight is 227 g/mol. The Morgan fingerprint density at radius 2 is 1.88 bits per heavy atom. The van der Waals surface area contributed by atoms with E-state index < -0.39 is 0 Å². The predicted molar refractivity (Wildman–Crippen MR) is 68.6 cm³/mol. The molecule has 88 valence electrons. The van der Waals surface area contributed by atoms with Crippen molar-refractivity contribution in [3.05, 3.63) is 47.3 Å². The Bertz CT molecular complexity index is 487. The molecular weight excluding hydrogens is 210 g/mol. The Hall–Kier alpha value is -1.61. The van der Waals surface area contributed by atoms with Crippen molar-refractivity contribution in [1.82, 2.24) is 15.1 Å². The van der Waals surface area contributed by atoms with Crippen LogP contribution in [0.5, 0.6) is 0 Å². The van der Waals surface area contributed by atoms with E-state index in [1.54, 1.807) is 0 Å². The Morgan fingerprint density at radius 1 is 1.12 bits per heavy atom. The summed E-state index contributed by atoms with van der Waals surface area (Å²) in [4.78, 5) is 0. The monoisotopic (exact) mass is 227 g/mol. The van der Waals surface area contributed by atoms with Gasteiger partial charge < -0.3 is 5.32 Å². The van der Waals surface area contributed by atoms with Gasteiger partial charge in [-0.15, -0.1) is 0 Å². The number of nitrogens with zero attached hydrogens (tertiary/aromatic N) is 2. The summed E-state index contributed by atoms with van der Waals surface area (Å²) in [5, 5.41) is 8.09. The minimum absolute atomic E-state index is 1.04. The molecule has 0 radical (unpaired) electrons. The van der Waals surface area contributed by atoms with Crippen LogP contribution in [0.2, 0.25) is 0 Å². The van der Waals surface area contributed by atoms with Crippen molar-refractivity contribution in [2.24, 2.45) is 0 Å². The third-order valence-corrected chi connectivity index (χ3v) is 3.29. The quantitative estimate of drug-likeness (QED) is 0.806. The zero-order valence-corrected chi connectivity index (χ0v) is 10.1. The summed E-state index contributed by atoms with van der Waals surface area (Å²) in [6, 6.07) is 8.51. The summed E-state index contributed by atoms with van der Waals surface area (Å²) in [6.07, 6.45) is 4.29. The van der Waals surface area contributed by atoms with Gasteiger partial charge in [0.1, 0.15) is 0 Å². The summed E-state index contributed by atoms with van der Waals surface area (Å²) < 4.78 is 2.01. The molecule has 1 aromatic heterocycles. The first-order chi connectivity index (χ1) is 8.33. The second-order valence-corrected chi connectivity index (χ2v) is 4.63. The van der Waals surface area contributed by atoms with E-state index in [1.807, 2.05) is 4.68 Å². The molecule has 1 aromatic carbocycles. The van der Waals surface area contributed by atoms with Crippen molar-refractivity contribution in [3.8, 4) is 5.69 Å². The molecule has 1 N–H and O–H groups in total. The van der Waals surface area contributed by atoms with Gasteiger partial charge in [-0.2, -0.15) is 5.10 Å². The van der Waals surface area contributed by atoms with Crippen LogP contribution in [-0.2, 0) is 12.8 Å². The van der Waals surface area contributed by atoms with E-state index in [0.29, 0.717) is 0 Å². The van der Waals surface area contributed by atoms with Crippen molar-refractivity contribution < 1.29 is 0 Å². The lowest BCUT2D eigenvalue weighted by Crippen LogP contribution is -2.16. The first-order valence-electron chi connectivity index (χ1n) is 6.18. The number of rotatable bonds is 1. The number of hydrogen-bond acceptors (Lipinski definition) is 2. The van der Waals surface area contributed by atoms with Gasteiger partial charge in [-0.05, 0) is 37.6 Å². The maximum Gasteiger partial charge on any atom is 0.0674 e. The lowest BCUT2D eigenvalue weighted by molar-refractivity contribution is 0.695. The molecule has 0 unspecified atom stereocenters. The largest absolute Gasteiger partial charge is 0.316 e. The first kappa shape index (κ1) is 10.5. The van der Waals surface area contributed by atoms with Crippen LogP contribution in [0.1, 0.15) is 16.8 Å². The second kappa shape index (κ2) is 4.34. The van der Waals surface area contributed by atoms with Crippen molar-refractivity contribution in [3.63, 3.8) is 0 Å². The third-order valence-electron chi connectivity index (χ3n) is 3.29. The van der Waals surface area contributed by atoms with Crippen LogP contribution < -0.4 is 5.32 Å². The van der Waals surface area contributed by atoms with Gasteiger partial charge in [0, 0.05) is 19.2 Å². The number of nitrogens with one attached hydrogen (secondary N) is 1. The fourth-order valence-electron chi connectivity index (χ4n) is 2.25. The zero-order valence-electron chi connectivity index (χ0n) is 10.1. The third kappa shape index (κ3) is 2.11. The van der Waals surface area contributed by atoms with Crippen molar-refractivity contribution in [2.75, 3.05) is 13.1 Å². The Kier molecular flexibility index (Phi) is 2.69. The fourth-order valence-corrected chi connectivity index (χ4v) is 2.25. The summed E-state index contributed by atoms with van der Waals surface area (Å²) >= 11 is 0. The SMILES string of the molecule is Cc1ccc(-n2cc3c(n2)CCNCC3)cc1. The highest BCUT2D eigenvalue weighted by atomic mass is 15.3. The molecule has 1 aliphatic rings. The first-order valence-corrected chi connectivity index (χ1v) is 6.18. The molecule has 3 rings (SSSR count). The lowest BCUT2D eigenvalue weighted by Gasteiger charge is -2.02. The molecule has 0 saturated carbocycles. The molecule has 2 heterocycles. The van der Waals surface area contributed by atoms with Gasteiger partial charge in [0.15, 0.2) is 0 Å². The smallest absolute Gasteiger partial charge is 0.0674 e. The molecule has 0 fully saturated rings. The van der Waals surface area contributed by atoms with Gasteiger partial charge >= 0.3 is 0 Å². The van der Waals surface area contributed by atoms with Crippen LogP contribution in [-0.4, -0.2) is 22.9 Å². The van der Waals surface area contributed by atoms with E-state index in [0.717, 1.165) is 31.6 Å². The van der Waals surface area contributed by atoms with Crippen LogP contribution in [0.4, 0.5) is 0 Å². The van der Waals surface area contributed by atoms with Gasteiger partial charge in [-0.25, -0.2) is 4.68 Å². The molecule has 0 spiro atoms. The zero-order chi connectivity index (χ0) is 11.7. The van der Waals surface area contributed by atoms with Crippen LogP contribution in [0.25, 0.3) is 5.69 Å². The number of benzene rings is 1. The van der Waals surface area contributed by atoms with Crippen LogP contribution in [0, 0.1) is 6.92 Å². The Labute approximate surface area is 101 Å². The molecule has 0 atom stereocenters. The van der Waals surface area contributed by atoms with Gasteiger partial charge in [0.2, 0.25) is 0 Å². The number of aromatic nitrogens is 2. The van der Waals surface area contributed by atoms with E-state index >= 15 is 0 Å². The Balaban J connectivity index is 1.96. The summed E-state index contributed by atoms with van der Waals surface area (Å²) in [7, 11) is 0. The molecule has 0 bridgehead atoms. The number of fused-ring (bicyclic) bond motifs is 1. The minimum Gasteiger partial charge on any atom is -0.316 e. The minimum atomic E-state index is 1.04. The fraction of sp³-hybridized carbons (Fsp3) is 0.357. The topological polar surface area (TPSA) is 29.9 Å². The molecular formula is C14H17N3. The van der Waals surface area contributed by atoms with Gasteiger partial charge in [-0.1, -0.05) is 17.7 Å².